The highest BCUT2D eigenvalue weighted by molar-refractivity contribution is 5.59. The zero-order chi connectivity index (χ0) is 17.9. The van der Waals surface area contributed by atoms with Crippen molar-refractivity contribution in [1.29, 1.82) is 0 Å². The molecule has 4 aromatic rings. The molecule has 0 unspecified atom stereocenters. The van der Waals surface area contributed by atoms with Crippen LogP contribution in [0.25, 0.3) is 17.1 Å². The summed E-state index contributed by atoms with van der Waals surface area (Å²) in [6.07, 6.45) is 3.94. The molecule has 26 heavy (non-hydrogen) atoms. The van der Waals surface area contributed by atoms with Crippen LogP contribution in [0.15, 0.2) is 60.9 Å². The predicted octanol–water partition coefficient (Wildman–Crippen LogP) is 3.89. The third kappa shape index (κ3) is 3.49. The number of aromatic amines is 1. The number of H-pyrrole nitrogens is 1. The van der Waals surface area contributed by atoms with Gasteiger partial charge in [-0.05, 0) is 55.8 Å². The quantitative estimate of drug-likeness (QED) is 0.576. The second-order valence-electron chi connectivity index (χ2n) is 6.31. The molecule has 2 aromatic carbocycles. The number of nitrogens with zero attached hydrogens (tertiary/aromatic N) is 4. The van der Waals surface area contributed by atoms with Crippen LogP contribution in [0.2, 0.25) is 0 Å². The van der Waals surface area contributed by atoms with E-state index in [9.17, 15) is 0 Å². The molecule has 0 saturated carbocycles. The van der Waals surface area contributed by atoms with Crippen LogP contribution in [0.4, 0.5) is 5.69 Å². The molecule has 2 aromatic heterocycles. The molecule has 0 aliphatic carbocycles. The fourth-order valence-corrected chi connectivity index (χ4v) is 2.78. The van der Waals surface area contributed by atoms with Crippen molar-refractivity contribution in [2.24, 2.45) is 0 Å². The van der Waals surface area contributed by atoms with Crippen molar-refractivity contribution < 1.29 is 0 Å². The monoisotopic (exact) mass is 344 g/mol. The summed E-state index contributed by atoms with van der Waals surface area (Å²) in [5.41, 5.74) is 5.46. The molecule has 6 nitrogen and oxygen atoms in total. The largest absolute Gasteiger partial charge is 0.381 e. The molecule has 0 aliphatic rings. The molecule has 0 fully saturated rings. The molecule has 130 valence electrons. The first kappa shape index (κ1) is 16.1. The average Bonchev–Trinajstić information content (AvgIpc) is 3.30. The van der Waals surface area contributed by atoms with Crippen molar-refractivity contribution in [3.63, 3.8) is 0 Å². The highest BCUT2D eigenvalue weighted by atomic mass is 15.3. The molecule has 0 aliphatic heterocycles. The SMILES string of the molecule is Cc1cccc(-n2cc(CNc3ccc(-c4n[nH]c(C)n4)cc3)cn2)c1. The smallest absolute Gasteiger partial charge is 0.181 e. The minimum absolute atomic E-state index is 0.713. The van der Waals surface area contributed by atoms with E-state index in [1.54, 1.807) is 0 Å². The molecule has 0 spiro atoms. The lowest BCUT2D eigenvalue weighted by Gasteiger charge is -2.05. The highest BCUT2D eigenvalue weighted by Gasteiger charge is 2.04. The van der Waals surface area contributed by atoms with Gasteiger partial charge in [-0.3, -0.25) is 5.10 Å². The van der Waals surface area contributed by atoms with Crippen LogP contribution in [0.1, 0.15) is 17.0 Å². The normalized spacial score (nSPS) is 10.8. The van der Waals surface area contributed by atoms with E-state index in [1.165, 1.54) is 5.56 Å². The third-order valence-electron chi connectivity index (χ3n) is 4.14. The highest BCUT2D eigenvalue weighted by Crippen LogP contribution is 2.18. The van der Waals surface area contributed by atoms with Crippen LogP contribution >= 0.6 is 0 Å². The Labute approximate surface area is 151 Å². The van der Waals surface area contributed by atoms with Crippen molar-refractivity contribution >= 4 is 5.69 Å². The summed E-state index contributed by atoms with van der Waals surface area (Å²) < 4.78 is 1.90. The number of rotatable bonds is 5. The van der Waals surface area contributed by atoms with Gasteiger partial charge >= 0.3 is 0 Å². The van der Waals surface area contributed by atoms with Gasteiger partial charge in [-0.1, -0.05) is 12.1 Å². The van der Waals surface area contributed by atoms with Gasteiger partial charge in [-0.2, -0.15) is 10.2 Å². The summed E-state index contributed by atoms with van der Waals surface area (Å²) in [6, 6.07) is 16.4. The van der Waals surface area contributed by atoms with Gasteiger partial charge in [0.05, 0.1) is 11.9 Å². The molecule has 0 radical (unpaired) electrons. The second kappa shape index (κ2) is 6.84. The molecular formula is C20H20N6. The summed E-state index contributed by atoms with van der Waals surface area (Å²) in [7, 11) is 0. The zero-order valence-corrected chi connectivity index (χ0v) is 14.8. The van der Waals surface area contributed by atoms with E-state index in [2.05, 4.69) is 50.7 Å². The fourth-order valence-electron chi connectivity index (χ4n) is 2.78. The van der Waals surface area contributed by atoms with Gasteiger partial charge in [0.25, 0.3) is 0 Å². The molecule has 6 heteroatoms. The fraction of sp³-hybridized carbons (Fsp3) is 0.150. The Morgan fingerprint density at radius 2 is 1.92 bits per heavy atom. The lowest BCUT2D eigenvalue weighted by molar-refractivity contribution is 0.878. The van der Waals surface area contributed by atoms with Crippen molar-refractivity contribution in [1.82, 2.24) is 25.0 Å². The Kier molecular flexibility index (Phi) is 4.23. The maximum atomic E-state index is 4.45. The van der Waals surface area contributed by atoms with E-state index in [1.807, 2.05) is 54.3 Å². The van der Waals surface area contributed by atoms with Crippen LogP contribution in [-0.4, -0.2) is 25.0 Å². The van der Waals surface area contributed by atoms with Gasteiger partial charge in [0.1, 0.15) is 5.82 Å². The van der Waals surface area contributed by atoms with Gasteiger partial charge in [0, 0.05) is 29.6 Å². The van der Waals surface area contributed by atoms with Crippen LogP contribution < -0.4 is 5.32 Å². The molecule has 2 heterocycles. The van der Waals surface area contributed by atoms with Gasteiger partial charge in [0.15, 0.2) is 5.82 Å². The number of hydrogen-bond acceptors (Lipinski definition) is 4. The summed E-state index contributed by atoms with van der Waals surface area (Å²) >= 11 is 0. The van der Waals surface area contributed by atoms with Crippen molar-refractivity contribution in [2.75, 3.05) is 5.32 Å². The number of benzene rings is 2. The average molecular weight is 344 g/mol. The predicted molar refractivity (Wildman–Crippen MR) is 102 cm³/mol. The van der Waals surface area contributed by atoms with Crippen LogP contribution in [-0.2, 0) is 6.54 Å². The summed E-state index contributed by atoms with van der Waals surface area (Å²) in [6.45, 7) is 4.69. The Balaban J connectivity index is 1.41. The van der Waals surface area contributed by atoms with E-state index in [-0.39, 0.29) is 0 Å². The molecule has 0 amide bonds. The van der Waals surface area contributed by atoms with Crippen LogP contribution in [0.3, 0.4) is 0 Å². The lowest BCUT2D eigenvalue weighted by Crippen LogP contribution is -1.98. The van der Waals surface area contributed by atoms with E-state index in [0.717, 1.165) is 28.3 Å². The molecule has 0 saturated heterocycles. The van der Waals surface area contributed by atoms with E-state index >= 15 is 0 Å². The summed E-state index contributed by atoms with van der Waals surface area (Å²) in [4.78, 5) is 4.34. The van der Waals surface area contributed by atoms with Gasteiger partial charge in [-0.15, -0.1) is 0 Å². The van der Waals surface area contributed by atoms with E-state index in [0.29, 0.717) is 12.4 Å². The van der Waals surface area contributed by atoms with Crippen molar-refractivity contribution in [3.05, 3.63) is 77.9 Å². The van der Waals surface area contributed by atoms with Crippen molar-refractivity contribution in [3.8, 4) is 17.1 Å². The van der Waals surface area contributed by atoms with Gasteiger partial charge in [0.2, 0.25) is 0 Å². The molecule has 0 bridgehead atoms. The third-order valence-corrected chi connectivity index (χ3v) is 4.14. The Bertz CT molecular complexity index is 1010. The molecule has 4 rings (SSSR count). The minimum Gasteiger partial charge on any atom is -0.381 e. The Morgan fingerprint density at radius 1 is 1.08 bits per heavy atom. The van der Waals surface area contributed by atoms with Gasteiger partial charge < -0.3 is 5.32 Å². The standard InChI is InChI=1S/C20H20N6/c1-14-4-3-5-19(10-14)26-13-16(12-22-26)11-21-18-8-6-17(7-9-18)20-23-15(2)24-25-20/h3-10,12-13,21H,11H2,1-2H3,(H,23,24,25). The minimum atomic E-state index is 0.713. The second-order valence-corrected chi connectivity index (χ2v) is 6.31. The Morgan fingerprint density at radius 3 is 2.65 bits per heavy atom. The number of anilines is 1. The molecule has 0 atom stereocenters. The zero-order valence-electron chi connectivity index (χ0n) is 14.8. The number of hydrogen-bond donors (Lipinski definition) is 2. The van der Waals surface area contributed by atoms with Crippen molar-refractivity contribution in [2.45, 2.75) is 20.4 Å². The van der Waals surface area contributed by atoms with Gasteiger partial charge in [-0.25, -0.2) is 9.67 Å². The maximum absolute atomic E-state index is 4.45. The lowest BCUT2D eigenvalue weighted by atomic mass is 10.2. The molecular weight excluding hydrogens is 324 g/mol. The maximum Gasteiger partial charge on any atom is 0.181 e. The number of nitrogens with one attached hydrogen (secondary N) is 2. The first-order valence-electron chi connectivity index (χ1n) is 8.51. The summed E-state index contributed by atoms with van der Waals surface area (Å²) in [5.74, 6) is 1.53. The summed E-state index contributed by atoms with van der Waals surface area (Å²) in [5, 5.41) is 14.9. The first-order valence-corrected chi connectivity index (χ1v) is 8.51. The van der Waals surface area contributed by atoms with Crippen LogP contribution in [0.5, 0.6) is 0 Å². The number of aryl methyl sites for hydroxylation is 2. The Hall–Kier alpha value is -3.41. The van der Waals surface area contributed by atoms with E-state index < -0.39 is 0 Å². The first-order chi connectivity index (χ1) is 12.7. The molecule has 2 N–H and O–H groups in total. The van der Waals surface area contributed by atoms with E-state index in [4.69, 9.17) is 0 Å². The van der Waals surface area contributed by atoms with Crippen LogP contribution in [0, 0.1) is 13.8 Å². The number of aromatic nitrogens is 5. The topological polar surface area (TPSA) is 71.4 Å².